The standard InChI is InChI=1S/C8H2N8S12/c1-9-10-8-25-24-5-14-13-4(18-5)21-20-2-11-12-3(17-2)22-23-6-15-16-7(19-6)26-28-27-8/h1H2/b10-8-. The van der Waals surface area contributed by atoms with Crippen LogP contribution in [-0.4, -0.2) is 37.3 Å². The molecule has 0 saturated carbocycles. The Kier molecular flexibility index (Phi) is 8.24. The fourth-order valence-electron chi connectivity index (χ4n) is 1.19. The van der Waals surface area contributed by atoms with E-state index in [2.05, 4.69) is 47.5 Å². The van der Waals surface area contributed by atoms with Gasteiger partial charge in [0.15, 0.2) is 0 Å². The Bertz CT molecular complexity index is 1370. The molecule has 6 bridgehead atoms. The lowest BCUT2D eigenvalue weighted by molar-refractivity contribution is 1.17. The maximum absolute atomic E-state index is 4.21. The van der Waals surface area contributed by atoms with Crippen LogP contribution in [0.1, 0.15) is 0 Å². The summed E-state index contributed by atoms with van der Waals surface area (Å²) in [5, 5.41) is 33.0. The summed E-state index contributed by atoms with van der Waals surface area (Å²) < 4.78 is 5.98. The van der Waals surface area contributed by atoms with Crippen LogP contribution in [0.4, 0.5) is 0 Å². The summed E-state index contributed by atoms with van der Waals surface area (Å²) >= 11 is 4.61. The first-order valence-electron chi connectivity index (χ1n) is 6.37. The van der Waals surface area contributed by atoms with E-state index in [-0.39, 0.29) is 0 Å². The van der Waals surface area contributed by atoms with Crippen molar-refractivity contribution in [1.82, 2.24) is 30.6 Å². The van der Waals surface area contributed by atoms with Gasteiger partial charge in [-0.05, 0) is 92.1 Å². The molecule has 28 heavy (non-hydrogen) atoms. The van der Waals surface area contributed by atoms with Gasteiger partial charge in [0.25, 0.3) is 0 Å². The van der Waals surface area contributed by atoms with E-state index < -0.39 is 0 Å². The molecule has 0 aliphatic carbocycles. The van der Waals surface area contributed by atoms with Crippen molar-refractivity contribution in [3.8, 4) is 0 Å². The van der Waals surface area contributed by atoms with Gasteiger partial charge in [-0.3, -0.25) is 0 Å². The zero-order valence-electron chi connectivity index (χ0n) is 12.7. The Morgan fingerprint density at radius 2 is 0.893 bits per heavy atom. The molecule has 0 radical (unpaired) electrons. The summed E-state index contributed by atoms with van der Waals surface area (Å²) in [5.41, 5.74) is 0. The van der Waals surface area contributed by atoms with E-state index in [1.54, 1.807) is 32.0 Å². The number of rotatable bonds is 1. The fraction of sp³-hybridized carbons (Fsp3) is 0. The molecule has 4 aromatic rings. The number of nitrogens with zero attached hydrogens (tertiary/aromatic N) is 8. The van der Waals surface area contributed by atoms with Crippen molar-refractivity contribution in [2.45, 2.75) is 0 Å². The van der Waals surface area contributed by atoms with Gasteiger partial charge < -0.3 is 0 Å². The van der Waals surface area contributed by atoms with Crippen molar-refractivity contribution in [3.05, 3.63) is 3.98 Å². The average molecular weight is 595 g/mol. The molecule has 4 aromatic heterocycles. The summed E-state index contributed by atoms with van der Waals surface area (Å²) in [6.07, 6.45) is 0. The van der Waals surface area contributed by atoms with Crippen LogP contribution in [0.5, 0.6) is 0 Å². The van der Waals surface area contributed by atoms with Crippen molar-refractivity contribution in [3.63, 3.8) is 0 Å². The minimum atomic E-state index is 0.768. The Balaban J connectivity index is 1.96. The first-order valence-corrected chi connectivity index (χ1v) is 18.8. The van der Waals surface area contributed by atoms with Crippen LogP contribution in [-0.2, 0) is 0 Å². The lowest BCUT2D eigenvalue weighted by Crippen LogP contribution is -1.81. The highest BCUT2D eigenvalue weighted by Gasteiger charge is 1.96. The van der Waals surface area contributed by atoms with Gasteiger partial charge in [0, 0.05) is 6.72 Å². The molecule has 0 fully saturated rings. The molecule has 0 aliphatic rings. The molecule has 0 aliphatic heterocycles. The second-order valence-electron chi connectivity index (χ2n) is 3.74. The van der Waals surface area contributed by atoms with Gasteiger partial charge in [-0.25, -0.2) is 0 Å². The number of hydrogen-bond donors (Lipinski definition) is 0. The minimum Gasteiger partial charge on any atom is -0.165 e. The number of fused-ring (bicyclic) bond motifs is 6. The Labute approximate surface area is 200 Å². The van der Waals surface area contributed by atoms with Crippen LogP contribution in [0.15, 0.2) is 10.2 Å². The van der Waals surface area contributed by atoms with Crippen LogP contribution >= 0.6 is 126 Å². The van der Waals surface area contributed by atoms with E-state index in [0.29, 0.717) is 0 Å². The summed E-state index contributed by atoms with van der Waals surface area (Å²) in [5.74, 6) is 0. The monoisotopic (exact) mass is 594 g/mol. The van der Waals surface area contributed by atoms with Crippen LogP contribution in [0.25, 0.3) is 24.9 Å². The summed E-state index contributed by atoms with van der Waals surface area (Å²) in [6.45, 7) is 3.44. The molecule has 0 spiro atoms. The maximum Gasteiger partial charge on any atom is 0.213 e. The van der Waals surface area contributed by atoms with Crippen LogP contribution in [0, 0.1) is 0 Å². The Hall–Kier alpha value is -0.000000000000000167. The van der Waals surface area contributed by atoms with E-state index >= 15 is 0 Å². The SMILES string of the molecule is C=N/N=c1\sssc2nnc(ssc3nnc(ssc4nnc(ss1)s4)s3)s2. The molecular formula is C8H2N8S12. The van der Waals surface area contributed by atoms with Crippen molar-refractivity contribution < 1.29 is 0 Å². The van der Waals surface area contributed by atoms with E-state index in [1.807, 2.05) is 0 Å². The second-order valence-corrected chi connectivity index (χ2v) is 18.7. The van der Waals surface area contributed by atoms with E-state index in [0.717, 1.165) is 28.8 Å². The largest absolute Gasteiger partial charge is 0.213 e. The normalized spacial score (nSPS) is 11.2. The van der Waals surface area contributed by atoms with Crippen LogP contribution in [0.3, 0.4) is 0 Å². The maximum atomic E-state index is 4.21. The third-order valence-corrected chi connectivity index (χ3v) is 18.0. The van der Waals surface area contributed by atoms with E-state index in [1.165, 1.54) is 94.1 Å². The van der Waals surface area contributed by atoms with Crippen molar-refractivity contribution in [1.29, 1.82) is 0 Å². The molecule has 4 rings (SSSR count). The smallest absolute Gasteiger partial charge is 0.165 e. The minimum absolute atomic E-state index is 0.768. The number of hydrogen-bond acceptors (Lipinski definition) is 20. The zero-order valence-corrected chi connectivity index (χ0v) is 22.5. The first kappa shape index (κ1) is 21.2. The quantitative estimate of drug-likeness (QED) is 0.136. The number of aromatic nitrogens is 6. The van der Waals surface area contributed by atoms with Gasteiger partial charge in [0.2, 0.25) is 28.8 Å². The van der Waals surface area contributed by atoms with E-state index in [9.17, 15) is 0 Å². The molecule has 0 amide bonds. The third-order valence-electron chi connectivity index (χ3n) is 2.08. The molecule has 146 valence electrons. The molecule has 0 atom stereocenters. The molecule has 0 unspecified atom stereocenters. The molecule has 4 heterocycles. The van der Waals surface area contributed by atoms with Gasteiger partial charge in [0.05, 0.1) is 0 Å². The van der Waals surface area contributed by atoms with Gasteiger partial charge in [0.1, 0.15) is 0 Å². The van der Waals surface area contributed by atoms with Gasteiger partial charge in [-0.15, -0.1) is 35.7 Å². The predicted molar refractivity (Wildman–Crippen MR) is 135 cm³/mol. The highest BCUT2D eigenvalue weighted by atomic mass is 33.2. The van der Waals surface area contributed by atoms with Crippen LogP contribution in [0.2, 0.25) is 0 Å². The summed E-state index contributed by atoms with van der Waals surface area (Å²) in [6, 6.07) is 0. The summed E-state index contributed by atoms with van der Waals surface area (Å²) in [4.78, 5) is 0. The third kappa shape index (κ3) is 6.25. The van der Waals surface area contributed by atoms with Crippen LogP contribution < -0.4 is 3.98 Å². The van der Waals surface area contributed by atoms with Gasteiger partial charge >= 0.3 is 0 Å². The lowest BCUT2D eigenvalue weighted by atomic mass is 11.6. The van der Waals surface area contributed by atoms with Gasteiger partial charge in [-0.1, -0.05) is 34.0 Å². The highest BCUT2D eigenvalue weighted by molar-refractivity contribution is 7.96. The summed E-state index contributed by atoms with van der Waals surface area (Å²) in [7, 11) is 13.7. The Morgan fingerprint density at radius 3 is 1.32 bits per heavy atom. The van der Waals surface area contributed by atoms with Crippen molar-refractivity contribution in [2.24, 2.45) is 10.2 Å². The molecule has 0 N–H and O–H groups in total. The molecule has 20 heteroatoms. The van der Waals surface area contributed by atoms with E-state index in [4.69, 9.17) is 0 Å². The molecule has 0 saturated heterocycles. The first-order chi connectivity index (χ1) is 13.8. The molecular weight excluding hydrogens is 593 g/mol. The topological polar surface area (TPSA) is 102 Å². The molecule has 8 nitrogen and oxygen atoms in total. The van der Waals surface area contributed by atoms with Crippen molar-refractivity contribution >= 4 is 158 Å². The highest BCUT2D eigenvalue weighted by Crippen LogP contribution is 2.28. The van der Waals surface area contributed by atoms with Crippen molar-refractivity contribution in [2.75, 3.05) is 0 Å². The fourth-order valence-corrected chi connectivity index (χ4v) is 16.2. The van der Waals surface area contributed by atoms with Gasteiger partial charge in [-0.2, -0.15) is 5.10 Å². The molecule has 0 aromatic carbocycles. The average Bonchev–Trinajstić information content (AvgIpc) is 3.43. The zero-order chi connectivity index (χ0) is 19.2. The predicted octanol–water partition coefficient (Wildman–Crippen LogP) is 6.83. The second kappa shape index (κ2) is 10.9. The Morgan fingerprint density at radius 1 is 0.500 bits per heavy atom. The lowest BCUT2D eigenvalue weighted by Gasteiger charge is -1.72.